The number of β-amino-alcohol motifs (C(OH)–C–C–N with tert-alkyl or cyclic N) is 1. The van der Waals surface area contributed by atoms with Gasteiger partial charge in [-0.3, -0.25) is 9.80 Å². The van der Waals surface area contributed by atoms with Gasteiger partial charge in [0, 0.05) is 51.7 Å². The van der Waals surface area contributed by atoms with Crippen molar-refractivity contribution in [3.8, 4) is 5.75 Å². The number of hydrogen-bond donors (Lipinski definition) is 1. The number of aromatic nitrogens is 2. The summed E-state index contributed by atoms with van der Waals surface area (Å²) < 4.78 is 7.76. The minimum absolute atomic E-state index is 0.324. The Balaban J connectivity index is 1.20. The second-order valence-corrected chi connectivity index (χ2v) is 7.55. The van der Waals surface area contributed by atoms with E-state index in [-0.39, 0.29) is 0 Å². The molecule has 0 amide bonds. The maximum absolute atomic E-state index is 10.3. The second-order valence-electron chi connectivity index (χ2n) is 7.55. The van der Waals surface area contributed by atoms with Crippen molar-refractivity contribution in [3.63, 3.8) is 0 Å². The van der Waals surface area contributed by atoms with Gasteiger partial charge in [-0.1, -0.05) is 23.8 Å². The molecule has 28 heavy (non-hydrogen) atoms. The number of hydrogen-bond acceptors (Lipinski definition) is 5. The van der Waals surface area contributed by atoms with Crippen molar-refractivity contribution in [1.29, 1.82) is 0 Å². The Labute approximate surface area is 166 Å². The third kappa shape index (κ3) is 4.90. The number of fused-ring (bicyclic) bond motifs is 1. The van der Waals surface area contributed by atoms with Gasteiger partial charge in [0.15, 0.2) is 0 Å². The lowest BCUT2D eigenvalue weighted by Crippen LogP contribution is -2.48. The zero-order valence-corrected chi connectivity index (χ0v) is 16.4. The Morgan fingerprint density at radius 1 is 1.04 bits per heavy atom. The number of piperazine rings is 1. The molecule has 148 valence electrons. The SMILES string of the molecule is Cc1ccc(OCC(O)CN2CCN(Cc3cn4ccccc4n3)CC2)cc1. The first kappa shape index (κ1) is 18.9. The number of aryl methyl sites for hydroxylation is 1. The van der Waals surface area contributed by atoms with Crippen LogP contribution >= 0.6 is 0 Å². The average molecular weight is 380 g/mol. The number of imidazole rings is 1. The maximum Gasteiger partial charge on any atom is 0.137 e. The molecular weight excluding hydrogens is 352 g/mol. The van der Waals surface area contributed by atoms with Gasteiger partial charge in [0.25, 0.3) is 0 Å². The molecule has 0 aliphatic carbocycles. The third-order valence-electron chi connectivity index (χ3n) is 5.20. The van der Waals surface area contributed by atoms with Crippen LogP contribution in [-0.4, -0.2) is 69.7 Å². The molecule has 2 aromatic heterocycles. The van der Waals surface area contributed by atoms with E-state index in [2.05, 4.69) is 25.4 Å². The van der Waals surface area contributed by atoms with Crippen LogP contribution in [0.2, 0.25) is 0 Å². The van der Waals surface area contributed by atoms with Gasteiger partial charge >= 0.3 is 0 Å². The molecule has 1 fully saturated rings. The van der Waals surface area contributed by atoms with E-state index in [1.54, 1.807) is 0 Å². The van der Waals surface area contributed by atoms with Gasteiger partial charge in [-0.2, -0.15) is 0 Å². The van der Waals surface area contributed by atoms with Crippen LogP contribution in [0.1, 0.15) is 11.3 Å². The molecule has 1 aliphatic heterocycles. The highest BCUT2D eigenvalue weighted by atomic mass is 16.5. The number of pyridine rings is 1. The predicted molar refractivity (Wildman–Crippen MR) is 110 cm³/mol. The molecule has 0 saturated carbocycles. The van der Waals surface area contributed by atoms with Gasteiger partial charge in [-0.25, -0.2) is 4.98 Å². The Bertz CT molecular complexity index is 852. The van der Waals surface area contributed by atoms with Crippen molar-refractivity contribution < 1.29 is 9.84 Å². The standard InChI is InChI=1S/C22H28N4O2/c1-18-5-7-21(8-6-18)28-17-20(27)16-25-12-10-24(11-13-25)14-19-15-26-9-3-2-4-22(26)23-19/h2-9,15,20,27H,10-14,16-17H2,1H3. The number of ether oxygens (including phenoxy) is 1. The van der Waals surface area contributed by atoms with Crippen LogP contribution in [-0.2, 0) is 6.54 Å². The van der Waals surface area contributed by atoms with E-state index in [0.717, 1.165) is 49.8 Å². The van der Waals surface area contributed by atoms with Crippen LogP contribution in [0.5, 0.6) is 5.75 Å². The van der Waals surface area contributed by atoms with Gasteiger partial charge in [0.2, 0.25) is 0 Å². The lowest BCUT2D eigenvalue weighted by molar-refractivity contribution is 0.0444. The smallest absolute Gasteiger partial charge is 0.137 e. The van der Waals surface area contributed by atoms with E-state index in [1.165, 1.54) is 5.56 Å². The largest absolute Gasteiger partial charge is 0.491 e. The first-order chi connectivity index (χ1) is 13.7. The van der Waals surface area contributed by atoms with Crippen LogP contribution < -0.4 is 4.74 Å². The Hall–Kier alpha value is -2.41. The fourth-order valence-electron chi connectivity index (χ4n) is 3.60. The summed E-state index contributed by atoms with van der Waals surface area (Å²) in [6.45, 7) is 7.77. The van der Waals surface area contributed by atoms with Crippen LogP contribution in [0.15, 0.2) is 54.9 Å². The number of rotatable bonds is 7. The van der Waals surface area contributed by atoms with Crippen LogP contribution in [0.3, 0.4) is 0 Å². The minimum Gasteiger partial charge on any atom is -0.491 e. The maximum atomic E-state index is 10.3. The zero-order valence-electron chi connectivity index (χ0n) is 16.4. The molecular formula is C22H28N4O2. The van der Waals surface area contributed by atoms with E-state index in [1.807, 2.05) is 55.6 Å². The van der Waals surface area contributed by atoms with Crippen molar-refractivity contribution in [2.45, 2.75) is 19.6 Å². The van der Waals surface area contributed by atoms with Crippen LogP contribution in [0.25, 0.3) is 5.65 Å². The van der Waals surface area contributed by atoms with Crippen molar-refractivity contribution in [2.24, 2.45) is 0 Å². The summed E-state index contributed by atoms with van der Waals surface area (Å²) in [5, 5.41) is 10.3. The van der Waals surface area contributed by atoms with Gasteiger partial charge in [0.05, 0.1) is 5.69 Å². The summed E-state index contributed by atoms with van der Waals surface area (Å²) >= 11 is 0. The summed E-state index contributed by atoms with van der Waals surface area (Å²) in [4.78, 5) is 9.42. The zero-order chi connectivity index (χ0) is 19.3. The van der Waals surface area contributed by atoms with E-state index < -0.39 is 6.10 Å². The highest BCUT2D eigenvalue weighted by molar-refractivity contribution is 5.39. The monoisotopic (exact) mass is 380 g/mol. The minimum atomic E-state index is -0.480. The Kier molecular flexibility index (Phi) is 5.90. The normalized spacial score (nSPS) is 17.1. The first-order valence-electron chi connectivity index (χ1n) is 9.90. The molecule has 1 aliphatic rings. The van der Waals surface area contributed by atoms with Crippen molar-refractivity contribution in [2.75, 3.05) is 39.3 Å². The molecule has 6 nitrogen and oxygen atoms in total. The van der Waals surface area contributed by atoms with Crippen molar-refractivity contribution in [1.82, 2.24) is 19.2 Å². The number of benzene rings is 1. The van der Waals surface area contributed by atoms with Gasteiger partial charge < -0.3 is 14.2 Å². The third-order valence-corrected chi connectivity index (χ3v) is 5.20. The van der Waals surface area contributed by atoms with Crippen molar-refractivity contribution >= 4 is 5.65 Å². The molecule has 1 atom stereocenters. The van der Waals surface area contributed by atoms with E-state index in [9.17, 15) is 5.11 Å². The summed E-state index contributed by atoms with van der Waals surface area (Å²) in [6.07, 6.45) is 3.66. The summed E-state index contributed by atoms with van der Waals surface area (Å²) in [5.41, 5.74) is 3.30. The fraction of sp³-hybridized carbons (Fsp3) is 0.409. The molecule has 0 spiro atoms. The number of aliphatic hydroxyl groups is 1. The molecule has 3 aromatic rings. The predicted octanol–water partition coefficient (Wildman–Crippen LogP) is 2.20. The molecule has 1 saturated heterocycles. The van der Waals surface area contributed by atoms with E-state index in [4.69, 9.17) is 4.74 Å². The molecule has 3 heterocycles. The summed E-state index contributed by atoms with van der Waals surface area (Å²) in [5.74, 6) is 0.807. The van der Waals surface area contributed by atoms with E-state index in [0.29, 0.717) is 13.2 Å². The molecule has 1 N–H and O–H groups in total. The van der Waals surface area contributed by atoms with Gasteiger partial charge in [-0.05, 0) is 31.2 Å². The van der Waals surface area contributed by atoms with Crippen LogP contribution in [0.4, 0.5) is 0 Å². The molecule has 0 radical (unpaired) electrons. The molecule has 1 unspecified atom stereocenters. The lowest BCUT2D eigenvalue weighted by Gasteiger charge is -2.35. The first-order valence-corrected chi connectivity index (χ1v) is 9.90. The highest BCUT2D eigenvalue weighted by Crippen LogP contribution is 2.13. The topological polar surface area (TPSA) is 53.2 Å². The lowest BCUT2D eigenvalue weighted by atomic mass is 10.2. The molecule has 1 aromatic carbocycles. The molecule has 6 heteroatoms. The van der Waals surface area contributed by atoms with Crippen LogP contribution in [0, 0.1) is 6.92 Å². The molecule has 4 rings (SSSR count). The number of aliphatic hydroxyl groups excluding tert-OH is 1. The molecule has 0 bridgehead atoms. The Morgan fingerprint density at radius 3 is 2.54 bits per heavy atom. The van der Waals surface area contributed by atoms with Gasteiger partial charge in [0.1, 0.15) is 24.1 Å². The summed E-state index contributed by atoms with van der Waals surface area (Å²) in [7, 11) is 0. The fourth-order valence-corrected chi connectivity index (χ4v) is 3.60. The second kappa shape index (κ2) is 8.73. The number of nitrogens with zero attached hydrogens (tertiary/aromatic N) is 4. The quantitative estimate of drug-likeness (QED) is 0.681. The van der Waals surface area contributed by atoms with Crippen molar-refractivity contribution in [3.05, 3.63) is 66.1 Å². The Morgan fingerprint density at radius 2 is 1.79 bits per heavy atom. The highest BCUT2D eigenvalue weighted by Gasteiger charge is 2.20. The summed E-state index contributed by atoms with van der Waals surface area (Å²) in [6, 6.07) is 14.0. The van der Waals surface area contributed by atoms with Gasteiger partial charge in [-0.15, -0.1) is 0 Å². The average Bonchev–Trinajstić information content (AvgIpc) is 3.11. The van der Waals surface area contributed by atoms with E-state index >= 15 is 0 Å².